The van der Waals surface area contributed by atoms with E-state index in [4.69, 9.17) is 23.2 Å². The van der Waals surface area contributed by atoms with E-state index in [1.807, 2.05) is 0 Å². The fourth-order valence-corrected chi connectivity index (χ4v) is 1.56. The number of hydrogen-bond donors (Lipinski definition) is 0. The van der Waals surface area contributed by atoms with E-state index in [9.17, 15) is 4.39 Å². The Bertz CT molecular complexity index is 275. The predicted octanol–water partition coefficient (Wildman–Crippen LogP) is 3.98. The van der Waals surface area contributed by atoms with Crippen LogP contribution < -0.4 is 0 Å². The molecule has 4 heteroatoms. The molecule has 0 saturated heterocycles. The third-order valence-corrected chi connectivity index (χ3v) is 2.48. The first-order valence-electron chi connectivity index (χ1n) is 2.84. The average Bonchev–Trinajstić information content (AvgIpc) is 1.97. The topological polar surface area (TPSA) is 0 Å². The summed E-state index contributed by atoms with van der Waals surface area (Å²) in [5, 5.41) is 0.362. The summed E-state index contributed by atoms with van der Waals surface area (Å²) >= 11 is 14.2. The van der Waals surface area contributed by atoms with Crippen molar-refractivity contribution in [2.75, 3.05) is 0 Å². The van der Waals surface area contributed by atoms with Crippen molar-refractivity contribution in [3.8, 4) is 0 Å². The van der Waals surface area contributed by atoms with Gasteiger partial charge in [0.2, 0.25) is 0 Å². The van der Waals surface area contributed by atoms with Crippen LogP contribution in [0.15, 0.2) is 16.6 Å². The van der Waals surface area contributed by atoms with Crippen molar-refractivity contribution in [1.82, 2.24) is 0 Å². The van der Waals surface area contributed by atoms with E-state index >= 15 is 0 Å². The molecule has 60 valence electrons. The van der Waals surface area contributed by atoms with Crippen LogP contribution in [0, 0.1) is 5.82 Å². The van der Waals surface area contributed by atoms with Crippen LogP contribution in [0.3, 0.4) is 0 Å². The van der Waals surface area contributed by atoms with E-state index in [0.717, 1.165) is 5.56 Å². The van der Waals surface area contributed by atoms with E-state index in [2.05, 4.69) is 15.9 Å². The van der Waals surface area contributed by atoms with E-state index in [1.165, 1.54) is 6.07 Å². The molecular weight excluding hydrogens is 254 g/mol. The van der Waals surface area contributed by atoms with Crippen LogP contribution in [0.25, 0.3) is 0 Å². The first-order chi connectivity index (χ1) is 5.15. The summed E-state index contributed by atoms with van der Waals surface area (Å²) in [6.45, 7) is 0. The summed E-state index contributed by atoms with van der Waals surface area (Å²) in [6, 6.07) is 2.81. The quantitative estimate of drug-likeness (QED) is 0.527. The molecule has 0 bridgehead atoms. The van der Waals surface area contributed by atoms with Gasteiger partial charge >= 0.3 is 0 Å². The Hall–Kier alpha value is 0.210. The molecule has 0 nitrogen and oxygen atoms in total. The summed E-state index contributed by atoms with van der Waals surface area (Å²) < 4.78 is 13.1. The first-order valence-corrected chi connectivity index (χ1v) is 4.55. The summed E-state index contributed by atoms with van der Waals surface area (Å²) in [4.78, 5) is 0. The van der Waals surface area contributed by atoms with Gasteiger partial charge in [-0.1, -0.05) is 11.6 Å². The molecule has 11 heavy (non-hydrogen) atoms. The minimum absolute atomic E-state index is 0.289. The standard InChI is InChI=1S/C7H4BrCl2F/c8-5-1-4(3-9)6(10)2-7(5)11/h1-2H,3H2. The zero-order valence-electron chi connectivity index (χ0n) is 5.37. The lowest BCUT2D eigenvalue weighted by molar-refractivity contribution is 0.620. The van der Waals surface area contributed by atoms with Crippen LogP contribution in [-0.2, 0) is 5.88 Å². The lowest BCUT2D eigenvalue weighted by Gasteiger charge is -2.00. The third-order valence-electron chi connectivity index (χ3n) is 1.23. The number of rotatable bonds is 1. The molecular formula is C7H4BrCl2F. The Morgan fingerprint density at radius 3 is 2.64 bits per heavy atom. The van der Waals surface area contributed by atoms with Crippen LogP contribution in [0.1, 0.15) is 5.56 Å². The van der Waals surface area contributed by atoms with E-state index in [1.54, 1.807) is 6.07 Å². The number of hydrogen-bond acceptors (Lipinski definition) is 0. The van der Waals surface area contributed by atoms with Crippen LogP contribution in [0.5, 0.6) is 0 Å². The number of alkyl halides is 1. The second kappa shape index (κ2) is 3.74. The van der Waals surface area contributed by atoms with Gasteiger partial charge in [0.25, 0.3) is 0 Å². The van der Waals surface area contributed by atoms with Gasteiger partial charge in [0.1, 0.15) is 5.82 Å². The van der Waals surface area contributed by atoms with E-state index in [0.29, 0.717) is 9.50 Å². The van der Waals surface area contributed by atoms with E-state index in [-0.39, 0.29) is 11.7 Å². The van der Waals surface area contributed by atoms with Gasteiger partial charge in [-0.25, -0.2) is 4.39 Å². The summed E-state index contributed by atoms with van der Waals surface area (Å²) in [5.74, 6) is -0.0820. The summed E-state index contributed by atoms with van der Waals surface area (Å²) in [7, 11) is 0. The van der Waals surface area contributed by atoms with Crippen LogP contribution in [0.4, 0.5) is 4.39 Å². The molecule has 0 unspecified atom stereocenters. The molecule has 0 saturated carbocycles. The molecule has 0 heterocycles. The fourth-order valence-electron chi connectivity index (χ4n) is 0.666. The zero-order valence-corrected chi connectivity index (χ0v) is 8.47. The van der Waals surface area contributed by atoms with Crippen molar-refractivity contribution < 1.29 is 4.39 Å². The van der Waals surface area contributed by atoms with Gasteiger partial charge in [-0.05, 0) is 33.6 Å². The lowest BCUT2D eigenvalue weighted by Crippen LogP contribution is -1.84. The fraction of sp³-hybridized carbons (Fsp3) is 0.143. The minimum atomic E-state index is -0.371. The molecule has 0 aliphatic carbocycles. The highest BCUT2D eigenvalue weighted by Crippen LogP contribution is 2.25. The SMILES string of the molecule is Fc1cc(Cl)c(CCl)cc1Br. The zero-order chi connectivity index (χ0) is 8.43. The largest absolute Gasteiger partial charge is 0.206 e. The Balaban J connectivity index is 3.21. The molecule has 0 aliphatic rings. The molecule has 0 fully saturated rings. The number of benzene rings is 1. The van der Waals surface area contributed by atoms with Crippen LogP contribution >= 0.6 is 39.1 Å². The molecule has 1 rings (SSSR count). The van der Waals surface area contributed by atoms with Crippen molar-refractivity contribution in [3.05, 3.63) is 33.0 Å². The normalized spacial score (nSPS) is 10.2. The van der Waals surface area contributed by atoms with Gasteiger partial charge < -0.3 is 0 Å². The highest BCUT2D eigenvalue weighted by Gasteiger charge is 2.04. The lowest BCUT2D eigenvalue weighted by atomic mass is 10.2. The maximum Gasteiger partial charge on any atom is 0.138 e. The Labute approximate surface area is 82.4 Å². The average molecular weight is 258 g/mol. The Morgan fingerprint density at radius 1 is 1.45 bits per heavy atom. The molecule has 0 aliphatic heterocycles. The van der Waals surface area contributed by atoms with Gasteiger partial charge in [0, 0.05) is 10.9 Å². The van der Waals surface area contributed by atoms with Crippen molar-refractivity contribution in [2.45, 2.75) is 5.88 Å². The third kappa shape index (κ3) is 2.08. The van der Waals surface area contributed by atoms with Crippen molar-refractivity contribution in [3.63, 3.8) is 0 Å². The highest BCUT2D eigenvalue weighted by molar-refractivity contribution is 9.10. The van der Waals surface area contributed by atoms with Gasteiger partial charge in [-0.2, -0.15) is 0 Å². The Morgan fingerprint density at radius 2 is 2.09 bits per heavy atom. The second-order valence-corrected chi connectivity index (χ2v) is 3.52. The van der Waals surface area contributed by atoms with Crippen molar-refractivity contribution in [1.29, 1.82) is 0 Å². The maximum absolute atomic E-state index is 12.7. The van der Waals surface area contributed by atoms with Gasteiger partial charge in [0.05, 0.1) is 4.47 Å². The van der Waals surface area contributed by atoms with Crippen LogP contribution in [0.2, 0.25) is 5.02 Å². The summed E-state index contributed by atoms with van der Waals surface area (Å²) in [5.41, 5.74) is 0.724. The van der Waals surface area contributed by atoms with Crippen molar-refractivity contribution in [2.24, 2.45) is 0 Å². The molecule has 0 amide bonds. The first kappa shape index (κ1) is 9.30. The maximum atomic E-state index is 12.7. The molecule has 0 aromatic heterocycles. The smallest absolute Gasteiger partial charge is 0.138 e. The molecule has 1 aromatic carbocycles. The minimum Gasteiger partial charge on any atom is -0.206 e. The predicted molar refractivity (Wildman–Crippen MR) is 48.7 cm³/mol. The molecule has 1 aromatic rings. The van der Waals surface area contributed by atoms with E-state index < -0.39 is 0 Å². The highest BCUT2D eigenvalue weighted by atomic mass is 79.9. The van der Waals surface area contributed by atoms with Crippen molar-refractivity contribution >= 4 is 39.1 Å². The van der Waals surface area contributed by atoms with Crippen LogP contribution in [-0.4, -0.2) is 0 Å². The second-order valence-electron chi connectivity index (χ2n) is 1.99. The van der Waals surface area contributed by atoms with Gasteiger partial charge in [-0.3, -0.25) is 0 Å². The molecule has 0 atom stereocenters. The molecule has 0 N–H and O–H groups in total. The number of halogens is 4. The molecule has 0 spiro atoms. The van der Waals surface area contributed by atoms with Gasteiger partial charge in [-0.15, -0.1) is 11.6 Å². The monoisotopic (exact) mass is 256 g/mol. The summed E-state index contributed by atoms with van der Waals surface area (Å²) in [6.07, 6.45) is 0. The molecule has 0 radical (unpaired) electrons. The van der Waals surface area contributed by atoms with Gasteiger partial charge in [0.15, 0.2) is 0 Å². The Kier molecular flexibility index (Phi) is 3.16.